The van der Waals surface area contributed by atoms with Crippen LogP contribution in [0.25, 0.3) is 10.9 Å². The van der Waals surface area contributed by atoms with Gasteiger partial charge in [-0.1, -0.05) is 29.2 Å². The topological polar surface area (TPSA) is 77.5 Å². The molecule has 0 bridgehead atoms. The van der Waals surface area contributed by atoms with E-state index in [-0.39, 0.29) is 18.0 Å². The van der Waals surface area contributed by atoms with Gasteiger partial charge >= 0.3 is 0 Å². The van der Waals surface area contributed by atoms with E-state index in [1.54, 1.807) is 12.3 Å². The van der Waals surface area contributed by atoms with Gasteiger partial charge in [0.1, 0.15) is 13.6 Å². The molecule has 5 nitrogen and oxygen atoms in total. The summed E-state index contributed by atoms with van der Waals surface area (Å²) < 4.78 is 0. The fourth-order valence-electron chi connectivity index (χ4n) is 2.40. The van der Waals surface area contributed by atoms with Gasteiger partial charge < -0.3 is 15.5 Å². The Bertz CT molecular complexity index is 700. The zero-order valence-corrected chi connectivity index (χ0v) is 13.8. The maximum absolute atomic E-state index is 12.1. The van der Waals surface area contributed by atoms with Gasteiger partial charge in [0, 0.05) is 30.1 Å². The molecule has 2 radical (unpaired) electrons. The number of carbonyl (C=O) groups excluding carboxylic acids is 1. The number of thiol groups is 1. The van der Waals surface area contributed by atoms with Crippen molar-refractivity contribution in [2.24, 2.45) is 5.16 Å². The highest BCUT2D eigenvalue weighted by molar-refractivity contribution is 7.80. The van der Waals surface area contributed by atoms with Gasteiger partial charge in [0.15, 0.2) is 0 Å². The number of nitrogens with one attached hydrogen (secondary N) is 2. The fraction of sp³-hybridized carbons (Fsp3) is 0.375. The van der Waals surface area contributed by atoms with Crippen LogP contribution in [0.15, 0.2) is 29.6 Å². The second-order valence-electron chi connectivity index (χ2n) is 5.38. The first-order valence-corrected chi connectivity index (χ1v) is 8.24. The van der Waals surface area contributed by atoms with Gasteiger partial charge in [-0.25, -0.2) is 0 Å². The summed E-state index contributed by atoms with van der Waals surface area (Å²) in [5.41, 5.74) is 2.53. The second-order valence-corrected chi connectivity index (χ2v) is 5.83. The van der Waals surface area contributed by atoms with E-state index >= 15 is 0 Å². The van der Waals surface area contributed by atoms with Crippen LogP contribution in [0, 0.1) is 0 Å². The zero-order chi connectivity index (χ0) is 16.7. The van der Waals surface area contributed by atoms with Crippen LogP contribution < -0.4 is 10.8 Å². The number of aromatic nitrogens is 1. The summed E-state index contributed by atoms with van der Waals surface area (Å²) in [6, 6.07) is 5.53. The highest BCUT2D eigenvalue weighted by Crippen LogP contribution is 2.17. The lowest BCUT2D eigenvalue weighted by molar-refractivity contribution is -0.115. The lowest BCUT2D eigenvalue weighted by Crippen LogP contribution is -2.33. The first-order valence-electron chi connectivity index (χ1n) is 7.61. The minimum atomic E-state index is -0.350. The molecule has 0 unspecified atom stereocenters. The number of fused-ring (bicyclic) bond motifs is 1. The van der Waals surface area contributed by atoms with Gasteiger partial charge in [-0.15, -0.1) is 0 Å². The fourth-order valence-corrected chi connectivity index (χ4v) is 2.62. The largest absolute Gasteiger partial charge is 0.410 e. The van der Waals surface area contributed by atoms with Gasteiger partial charge in [0.2, 0.25) is 0 Å². The van der Waals surface area contributed by atoms with Crippen molar-refractivity contribution < 1.29 is 10.0 Å². The van der Waals surface area contributed by atoms with E-state index in [0.717, 1.165) is 41.5 Å². The number of benzene rings is 1. The SMILES string of the molecule is [B]c1ccc2[nH]cc(C/C(=N\O)C(=O)NCCCCCS)c2c1. The van der Waals surface area contributed by atoms with Crippen molar-refractivity contribution in [3.05, 3.63) is 30.0 Å². The average Bonchev–Trinajstić information content (AvgIpc) is 2.94. The molecule has 0 fully saturated rings. The molecule has 0 aliphatic carbocycles. The summed E-state index contributed by atoms with van der Waals surface area (Å²) in [6.45, 7) is 0.562. The lowest BCUT2D eigenvalue weighted by atomic mass is 9.93. The van der Waals surface area contributed by atoms with E-state index in [4.69, 9.17) is 13.1 Å². The Morgan fingerprint density at radius 2 is 2.17 bits per heavy atom. The number of carbonyl (C=O) groups is 1. The maximum atomic E-state index is 12.1. The molecule has 0 atom stereocenters. The summed E-state index contributed by atoms with van der Waals surface area (Å²) in [5.74, 6) is 0.498. The minimum Gasteiger partial charge on any atom is -0.410 e. The van der Waals surface area contributed by atoms with Gasteiger partial charge in [-0.2, -0.15) is 12.6 Å². The van der Waals surface area contributed by atoms with Crippen molar-refractivity contribution in [2.75, 3.05) is 12.3 Å². The monoisotopic (exact) mass is 329 g/mol. The highest BCUT2D eigenvalue weighted by Gasteiger charge is 2.15. The lowest BCUT2D eigenvalue weighted by Gasteiger charge is -2.06. The van der Waals surface area contributed by atoms with Gasteiger partial charge in [0.05, 0.1) is 0 Å². The van der Waals surface area contributed by atoms with Crippen molar-refractivity contribution in [1.29, 1.82) is 0 Å². The van der Waals surface area contributed by atoms with E-state index in [1.807, 2.05) is 12.1 Å². The Balaban J connectivity index is 1.98. The van der Waals surface area contributed by atoms with Gasteiger partial charge in [-0.3, -0.25) is 4.79 Å². The molecule has 2 aromatic rings. The number of rotatable bonds is 8. The van der Waals surface area contributed by atoms with Gasteiger partial charge in [-0.05, 0) is 30.2 Å². The first kappa shape index (κ1) is 17.5. The van der Waals surface area contributed by atoms with Crippen LogP contribution in [0.2, 0.25) is 0 Å². The summed E-state index contributed by atoms with van der Waals surface area (Å²) in [4.78, 5) is 15.2. The Kier molecular flexibility index (Phi) is 6.59. The van der Waals surface area contributed by atoms with Crippen LogP contribution in [0.5, 0.6) is 0 Å². The smallest absolute Gasteiger partial charge is 0.269 e. The predicted molar refractivity (Wildman–Crippen MR) is 97.3 cm³/mol. The number of hydrogen-bond acceptors (Lipinski definition) is 4. The Hall–Kier alpha value is -1.89. The molecule has 0 aliphatic heterocycles. The molecular formula is C16H20BN3O2S. The van der Waals surface area contributed by atoms with E-state index in [9.17, 15) is 4.79 Å². The van der Waals surface area contributed by atoms with Crippen molar-refractivity contribution >= 4 is 48.5 Å². The van der Waals surface area contributed by atoms with E-state index in [1.165, 1.54) is 0 Å². The molecule has 1 heterocycles. The molecule has 23 heavy (non-hydrogen) atoms. The van der Waals surface area contributed by atoms with Crippen molar-refractivity contribution in [3.63, 3.8) is 0 Å². The summed E-state index contributed by atoms with van der Waals surface area (Å²) in [5, 5.41) is 16.0. The third-order valence-corrected chi connectivity index (χ3v) is 3.97. The van der Waals surface area contributed by atoms with Crippen LogP contribution in [-0.4, -0.2) is 42.0 Å². The number of aromatic amines is 1. The van der Waals surface area contributed by atoms with E-state index in [2.05, 4.69) is 28.1 Å². The highest BCUT2D eigenvalue weighted by atomic mass is 32.1. The molecule has 7 heteroatoms. The number of unbranched alkanes of at least 4 members (excludes halogenated alkanes) is 2. The first-order chi connectivity index (χ1) is 11.2. The standard InChI is InChI=1S/C16H20BN3O2S/c17-12-4-5-14-13(9-12)11(10-19-14)8-15(20-22)16(21)18-6-2-1-3-7-23/h4-5,9-10,19,22-23H,1-3,6-8H2,(H,18,21)/b20-15+. The van der Waals surface area contributed by atoms with Crippen LogP contribution in [0.4, 0.5) is 0 Å². The van der Waals surface area contributed by atoms with Crippen LogP contribution in [0.3, 0.4) is 0 Å². The molecule has 0 spiro atoms. The quantitative estimate of drug-likeness (QED) is 0.148. The second kappa shape index (κ2) is 8.67. The molecule has 0 saturated carbocycles. The maximum Gasteiger partial charge on any atom is 0.269 e. The molecule has 1 aromatic carbocycles. The number of H-pyrrole nitrogens is 1. The Morgan fingerprint density at radius 3 is 2.91 bits per heavy atom. The van der Waals surface area contributed by atoms with Crippen LogP contribution >= 0.6 is 12.6 Å². The molecule has 1 amide bonds. The normalized spacial score (nSPS) is 11.8. The Morgan fingerprint density at radius 1 is 1.35 bits per heavy atom. The summed E-state index contributed by atoms with van der Waals surface area (Å²) >= 11 is 4.15. The van der Waals surface area contributed by atoms with Crippen LogP contribution in [-0.2, 0) is 11.2 Å². The summed E-state index contributed by atoms with van der Waals surface area (Å²) in [6.07, 6.45) is 4.96. The van der Waals surface area contributed by atoms with Crippen LogP contribution in [0.1, 0.15) is 24.8 Å². The third-order valence-electron chi connectivity index (χ3n) is 3.65. The Labute approximate surface area is 142 Å². The van der Waals surface area contributed by atoms with Crippen molar-refractivity contribution in [2.45, 2.75) is 25.7 Å². The average molecular weight is 329 g/mol. The molecule has 3 N–H and O–H groups in total. The van der Waals surface area contributed by atoms with Crippen molar-refractivity contribution in [1.82, 2.24) is 10.3 Å². The number of amides is 1. The zero-order valence-electron chi connectivity index (χ0n) is 12.9. The molecule has 0 saturated heterocycles. The van der Waals surface area contributed by atoms with E-state index in [0.29, 0.717) is 12.0 Å². The van der Waals surface area contributed by atoms with Crippen molar-refractivity contribution in [3.8, 4) is 0 Å². The molecule has 1 aromatic heterocycles. The molecule has 120 valence electrons. The number of nitrogens with zero attached hydrogens (tertiary/aromatic N) is 1. The van der Waals surface area contributed by atoms with E-state index < -0.39 is 0 Å². The number of hydrogen-bond donors (Lipinski definition) is 4. The minimum absolute atomic E-state index is 0.0857. The number of oxime groups is 1. The van der Waals surface area contributed by atoms with Gasteiger partial charge in [0.25, 0.3) is 5.91 Å². The molecule has 0 aliphatic rings. The predicted octanol–water partition coefficient (Wildman–Crippen LogP) is 1.55. The summed E-state index contributed by atoms with van der Waals surface area (Å²) in [7, 11) is 5.80. The molecule has 2 rings (SSSR count). The third kappa shape index (κ3) is 4.79. The molecular weight excluding hydrogens is 309 g/mol.